The molecule has 2 nitrogen and oxygen atoms in total. The molecule has 1 fully saturated rings. The van der Waals surface area contributed by atoms with E-state index < -0.39 is 0 Å². The van der Waals surface area contributed by atoms with E-state index in [1.807, 2.05) is 6.92 Å². The van der Waals surface area contributed by atoms with Crippen LogP contribution in [0.2, 0.25) is 0 Å². The van der Waals surface area contributed by atoms with Crippen LogP contribution in [0, 0.1) is 0 Å². The highest BCUT2D eigenvalue weighted by Crippen LogP contribution is 2.38. The third-order valence-corrected chi connectivity index (χ3v) is 3.42. The minimum absolute atomic E-state index is 0.130. The van der Waals surface area contributed by atoms with Crippen LogP contribution >= 0.6 is 24.0 Å². The van der Waals surface area contributed by atoms with Crippen LogP contribution in [0.1, 0.15) is 19.8 Å². The van der Waals surface area contributed by atoms with E-state index in [4.69, 9.17) is 0 Å². The Bertz CT molecular complexity index is 214. The molecule has 0 bridgehead atoms. The molecular formula is C7H9NOS2. The zero-order valence-electron chi connectivity index (χ0n) is 6.29. The fourth-order valence-electron chi connectivity index (χ4n) is 1.11. The van der Waals surface area contributed by atoms with Crippen molar-refractivity contribution in [2.75, 3.05) is 5.75 Å². The summed E-state index contributed by atoms with van der Waals surface area (Å²) in [6.45, 7) is 1.92. The molecule has 60 valence electrons. The van der Waals surface area contributed by atoms with Crippen molar-refractivity contribution in [3.8, 4) is 0 Å². The molecule has 0 aromatic heterocycles. The number of hydrogen-bond donors (Lipinski definition) is 0. The number of carbonyl (C=O) groups excluding carboxylic acids is 1. The van der Waals surface area contributed by atoms with Crippen molar-refractivity contribution in [2.24, 2.45) is 4.99 Å². The predicted octanol–water partition coefficient (Wildman–Crippen LogP) is 1.90. The molecule has 1 saturated heterocycles. The number of thiocarbonyl (C=S) groups is 1. The van der Waals surface area contributed by atoms with Gasteiger partial charge in [0, 0.05) is 0 Å². The van der Waals surface area contributed by atoms with Gasteiger partial charge in [0.15, 0.2) is 0 Å². The van der Waals surface area contributed by atoms with Gasteiger partial charge >= 0.3 is 0 Å². The van der Waals surface area contributed by atoms with Gasteiger partial charge in [-0.3, -0.25) is 4.79 Å². The summed E-state index contributed by atoms with van der Waals surface area (Å²) in [5, 5.41) is 2.12. The number of nitrogens with zero attached hydrogens (tertiary/aromatic N) is 1. The number of aliphatic imine (C=N–C) groups is 1. The first-order chi connectivity index (χ1) is 5.19. The maximum atomic E-state index is 11.3. The second kappa shape index (κ2) is 3.48. The van der Waals surface area contributed by atoms with Gasteiger partial charge in [0.1, 0.15) is 0 Å². The lowest BCUT2D eigenvalue weighted by Crippen LogP contribution is -2.26. The molecule has 0 aromatic rings. The molecule has 0 aromatic carbocycles. The van der Waals surface area contributed by atoms with Crippen LogP contribution < -0.4 is 0 Å². The average Bonchev–Trinajstić information content (AvgIpc) is 2.38. The normalized spacial score (nSPS) is 29.5. The highest BCUT2D eigenvalue weighted by atomic mass is 32.2. The number of thioether (sulfide) groups is 1. The minimum atomic E-state index is -0.314. The second-order valence-electron chi connectivity index (χ2n) is 2.69. The van der Waals surface area contributed by atoms with E-state index in [1.54, 1.807) is 11.8 Å². The van der Waals surface area contributed by atoms with E-state index in [0.717, 1.165) is 18.6 Å². The van der Waals surface area contributed by atoms with Gasteiger partial charge in [-0.1, -0.05) is 0 Å². The van der Waals surface area contributed by atoms with Crippen molar-refractivity contribution in [1.29, 1.82) is 0 Å². The zero-order valence-corrected chi connectivity index (χ0v) is 7.93. The first kappa shape index (κ1) is 8.91. The van der Waals surface area contributed by atoms with Crippen LogP contribution in [-0.4, -0.2) is 21.6 Å². The Kier molecular flexibility index (Phi) is 2.82. The number of carbonyl (C=O) groups is 1. The summed E-state index contributed by atoms with van der Waals surface area (Å²) >= 11 is 6.03. The Balaban J connectivity index is 2.71. The summed E-state index contributed by atoms with van der Waals surface area (Å²) < 4.78 is -0.314. The molecule has 1 rings (SSSR count). The van der Waals surface area contributed by atoms with Crippen molar-refractivity contribution in [1.82, 2.24) is 0 Å². The van der Waals surface area contributed by atoms with Gasteiger partial charge in [0.25, 0.3) is 5.91 Å². The molecule has 1 amide bonds. The summed E-state index contributed by atoms with van der Waals surface area (Å²) in [7, 11) is 0. The Morgan fingerprint density at radius 1 is 1.82 bits per heavy atom. The summed E-state index contributed by atoms with van der Waals surface area (Å²) in [6.07, 6.45) is 2.01. The van der Waals surface area contributed by atoms with E-state index in [1.165, 1.54) is 0 Å². The Morgan fingerprint density at radius 3 is 3.00 bits per heavy atom. The summed E-state index contributed by atoms with van der Waals surface area (Å²) in [6, 6.07) is 0. The zero-order chi connectivity index (χ0) is 8.32. The van der Waals surface area contributed by atoms with Gasteiger partial charge in [-0.05, 0) is 37.7 Å². The topological polar surface area (TPSA) is 29.4 Å². The molecule has 11 heavy (non-hydrogen) atoms. The highest BCUT2D eigenvalue weighted by molar-refractivity contribution is 8.01. The van der Waals surface area contributed by atoms with E-state index in [2.05, 4.69) is 22.4 Å². The van der Waals surface area contributed by atoms with Crippen LogP contribution in [-0.2, 0) is 4.79 Å². The molecule has 1 heterocycles. The van der Waals surface area contributed by atoms with Gasteiger partial charge in [-0.25, -0.2) is 0 Å². The van der Waals surface area contributed by atoms with Crippen molar-refractivity contribution < 1.29 is 4.79 Å². The molecular weight excluding hydrogens is 178 g/mol. The molecule has 0 aliphatic carbocycles. The first-order valence-electron chi connectivity index (χ1n) is 3.45. The van der Waals surface area contributed by atoms with Crippen LogP contribution in [0.25, 0.3) is 0 Å². The van der Waals surface area contributed by atoms with Crippen LogP contribution in [0.5, 0.6) is 0 Å². The number of amides is 1. The Hall–Kier alpha value is -0.180. The Morgan fingerprint density at radius 2 is 2.55 bits per heavy atom. The summed E-state index contributed by atoms with van der Waals surface area (Å²) in [4.78, 5) is 14.7. The van der Waals surface area contributed by atoms with E-state index in [-0.39, 0.29) is 10.7 Å². The van der Waals surface area contributed by atoms with Crippen molar-refractivity contribution in [2.45, 2.75) is 24.5 Å². The minimum Gasteiger partial charge on any atom is -0.270 e. The second-order valence-corrected chi connectivity index (χ2v) is 4.47. The third-order valence-electron chi connectivity index (χ3n) is 1.82. The largest absolute Gasteiger partial charge is 0.270 e. The van der Waals surface area contributed by atoms with Gasteiger partial charge in [-0.15, -0.1) is 11.8 Å². The lowest BCUT2D eigenvalue weighted by molar-refractivity contribution is -0.119. The van der Waals surface area contributed by atoms with Crippen LogP contribution in [0.3, 0.4) is 0 Å². The lowest BCUT2D eigenvalue weighted by Gasteiger charge is -2.15. The number of isothiocyanates is 1. The van der Waals surface area contributed by atoms with E-state index in [9.17, 15) is 4.79 Å². The first-order valence-corrected chi connectivity index (χ1v) is 4.85. The molecule has 0 radical (unpaired) electrons. The predicted molar refractivity (Wildman–Crippen MR) is 50.1 cm³/mol. The third kappa shape index (κ3) is 1.89. The Labute approximate surface area is 75.5 Å². The molecule has 1 atom stereocenters. The standard InChI is InChI=1S/C7H9NOS2/c1-7(3-2-4-11-7)6(9)8-5-10/h2-4H2,1H3. The summed E-state index contributed by atoms with van der Waals surface area (Å²) in [5.41, 5.74) is 0. The monoisotopic (exact) mass is 187 g/mol. The molecule has 1 aliphatic heterocycles. The highest BCUT2D eigenvalue weighted by Gasteiger charge is 2.36. The van der Waals surface area contributed by atoms with E-state index in [0.29, 0.717) is 0 Å². The molecule has 0 N–H and O–H groups in total. The van der Waals surface area contributed by atoms with Crippen molar-refractivity contribution in [3.63, 3.8) is 0 Å². The number of hydrogen-bond acceptors (Lipinski definition) is 3. The fourth-order valence-corrected chi connectivity index (χ4v) is 2.39. The van der Waals surface area contributed by atoms with Crippen molar-refractivity contribution >= 4 is 35.0 Å². The van der Waals surface area contributed by atoms with Gasteiger partial charge in [-0.2, -0.15) is 4.99 Å². The van der Waals surface area contributed by atoms with Gasteiger partial charge < -0.3 is 0 Å². The molecule has 0 saturated carbocycles. The summed E-state index contributed by atoms with van der Waals surface area (Å²) in [5.74, 6) is 0.921. The van der Waals surface area contributed by atoms with Gasteiger partial charge in [0.05, 0.1) is 9.91 Å². The fraction of sp³-hybridized carbons (Fsp3) is 0.714. The smallest absolute Gasteiger partial charge is 0.270 e. The molecule has 4 heteroatoms. The number of rotatable bonds is 1. The maximum absolute atomic E-state index is 11.3. The van der Waals surface area contributed by atoms with Gasteiger partial charge in [0.2, 0.25) is 0 Å². The molecule has 1 unspecified atom stereocenters. The van der Waals surface area contributed by atoms with Crippen LogP contribution in [0.4, 0.5) is 0 Å². The lowest BCUT2D eigenvalue weighted by atomic mass is 10.1. The van der Waals surface area contributed by atoms with Crippen LogP contribution in [0.15, 0.2) is 4.99 Å². The molecule has 1 aliphatic rings. The van der Waals surface area contributed by atoms with Crippen molar-refractivity contribution in [3.05, 3.63) is 0 Å². The quantitative estimate of drug-likeness (QED) is 0.464. The average molecular weight is 187 g/mol. The van der Waals surface area contributed by atoms with E-state index >= 15 is 0 Å². The maximum Gasteiger partial charge on any atom is 0.270 e. The molecule has 0 spiro atoms. The SMILES string of the molecule is CC1(C(=O)N=C=S)CCCS1.